The molecule has 0 radical (unpaired) electrons. The third kappa shape index (κ3) is 21.3. The summed E-state index contributed by atoms with van der Waals surface area (Å²) >= 11 is 0. The first kappa shape index (κ1) is 45.9. The number of amides is 1. The van der Waals surface area contributed by atoms with Crippen molar-refractivity contribution >= 4 is 29.6 Å². The highest BCUT2D eigenvalue weighted by atomic mass is 16.6. The Hall–Kier alpha value is -4.13. The van der Waals surface area contributed by atoms with Gasteiger partial charge in [0.2, 0.25) is 5.91 Å². The van der Waals surface area contributed by atoms with Crippen LogP contribution in [-0.2, 0) is 44.6 Å². The van der Waals surface area contributed by atoms with Crippen molar-refractivity contribution in [2.45, 2.75) is 143 Å². The zero-order valence-corrected chi connectivity index (χ0v) is 32.7. The molecule has 0 bridgehead atoms. The average Bonchev–Trinajstić information content (AvgIpc) is 3.09. The number of allylic oxidation sites excluding steroid dienone is 1. The molecule has 0 heterocycles. The summed E-state index contributed by atoms with van der Waals surface area (Å²) in [5.74, 6) is 2.21. The number of esters is 3. The van der Waals surface area contributed by atoms with Gasteiger partial charge in [-0.05, 0) is 77.5 Å². The molecular weight excluding hydrogens is 662 g/mol. The SMILES string of the molecule is CC#CCOc1ccc(C[C@H](NC(=O)[C@@H](/C=C/CCCCCCC(=O)CCCCCCC)[C@@H](CCOC(C)=O)C(=O)OC(C)(C)C)C(=O)OC)cc1. The van der Waals surface area contributed by atoms with Crippen molar-refractivity contribution in [3.05, 3.63) is 42.0 Å². The van der Waals surface area contributed by atoms with Crippen LogP contribution < -0.4 is 10.1 Å². The quantitative estimate of drug-likeness (QED) is 0.0336. The lowest BCUT2D eigenvalue weighted by Crippen LogP contribution is -2.48. The Balaban J connectivity index is 3.07. The lowest BCUT2D eigenvalue weighted by atomic mass is 9.87. The van der Waals surface area contributed by atoms with Gasteiger partial charge in [0.15, 0.2) is 0 Å². The summed E-state index contributed by atoms with van der Waals surface area (Å²) in [6.45, 7) is 10.6. The molecule has 0 saturated heterocycles. The number of carbonyl (C=O) groups excluding carboxylic acids is 5. The number of rotatable bonds is 26. The molecule has 1 aromatic rings. The molecule has 52 heavy (non-hydrogen) atoms. The molecule has 1 rings (SSSR count). The number of hydrogen-bond donors (Lipinski definition) is 1. The van der Waals surface area contributed by atoms with Gasteiger partial charge in [-0.1, -0.05) is 75.7 Å². The van der Waals surface area contributed by atoms with Crippen LogP contribution in [-0.4, -0.2) is 61.6 Å². The van der Waals surface area contributed by atoms with E-state index in [0.29, 0.717) is 30.8 Å². The van der Waals surface area contributed by atoms with Crippen LogP contribution >= 0.6 is 0 Å². The average molecular weight is 726 g/mol. The van der Waals surface area contributed by atoms with Crippen molar-refractivity contribution < 1.29 is 42.9 Å². The Kier molecular flexibility index (Phi) is 23.5. The first-order valence-electron chi connectivity index (χ1n) is 18.8. The number of Topliss-reactive ketones (excluding diaryl/α,β-unsaturated/α-hetero) is 1. The number of benzene rings is 1. The van der Waals surface area contributed by atoms with E-state index in [0.717, 1.165) is 44.1 Å². The minimum absolute atomic E-state index is 0.0380. The predicted octanol–water partition coefficient (Wildman–Crippen LogP) is 7.64. The summed E-state index contributed by atoms with van der Waals surface area (Å²) in [5, 5.41) is 2.81. The van der Waals surface area contributed by atoms with E-state index in [9.17, 15) is 24.0 Å². The fraction of sp³-hybridized carbons (Fsp3) is 0.643. The van der Waals surface area contributed by atoms with E-state index in [1.807, 2.05) is 6.08 Å². The van der Waals surface area contributed by atoms with Gasteiger partial charge in [-0.25, -0.2) is 4.79 Å². The van der Waals surface area contributed by atoms with Crippen LogP contribution in [0.3, 0.4) is 0 Å². The maximum absolute atomic E-state index is 14.0. The van der Waals surface area contributed by atoms with Crippen molar-refractivity contribution in [2.24, 2.45) is 11.8 Å². The molecule has 0 aliphatic rings. The van der Waals surface area contributed by atoms with Gasteiger partial charge in [0, 0.05) is 26.2 Å². The monoisotopic (exact) mass is 725 g/mol. The summed E-state index contributed by atoms with van der Waals surface area (Å²) < 4.78 is 21.5. The smallest absolute Gasteiger partial charge is 0.328 e. The van der Waals surface area contributed by atoms with Crippen LogP contribution in [0.1, 0.15) is 131 Å². The van der Waals surface area contributed by atoms with Gasteiger partial charge >= 0.3 is 17.9 Å². The maximum atomic E-state index is 14.0. The summed E-state index contributed by atoms with van der Waals surface area (Å²) in [5.41, 5.74) is -0.0742. The van der Waals surface area contributed by atoms with Gasteiger partial charge in [0.25, 0.3) is 0 Å². The van der Waals surface area contributed by atoms with E-state index in [4.69, 9.17) is 18.9 Å². The molecule has 0 fully saturated rings. The van der Waals surface area contributed by atoms with E-state index in [1.165, 1.54) is 33.3 Å². The van der Waals surface area contributed by atoms with Gasteiger partial charge in [-0.2, -0.15) is 0 Å². The lowest BCUT2D eigenvalue weighted by molar-refractivity contribution is -0.164. The largest absolute Gasteiger partial charge is 0.481 e. The summed E-state index contributed by atoms with van der Waals surface area (Å²) in [7, 11) is 1.25. The molecule has 1 aromatic carbocycles. The van der Waals surface area contributed by atoms with Crippen LogP contribution in [0.2, 0.25) is 0 Å². The molecular formula is C42H63NO9. The Morgan fingerprint density at radius 2 is 1.52 bits per heavy atom. The normalized spacial score (nSPS) is 12.9. The van der Waals surface area contributed by atoms with Crippen molar-refractivity contribution in [1.29, 1.82) is 0 Å². The van der Waals surface area contributed by atoms with Crippen LogP contribution in [0.15, 0.2) is 36.4 Å². The van der Waals surface area contributed by atoms with Crippen molar-refractivity contribution in [2.75, 3.05) is 20.3 Å². The molecule has 0 saturated carbocycles. The van der Waals surface area contributed by atoms with E-state index >= 15 is 0 Å². The van der Waals surface area contributed by atoms with Crippen LogP contribution in [0.25, 0.3) is 0 Å². The van der Waals surface area contributed by atoms with Crippen LogP contribution in [0, 0.1) is 23.7 Å². The summed E-state index contributed by atoms with van der Waals surface area (Å²) in [4.78, 5) is 64.2. The van der Waals surface area contributed by atoms with Gasteiger partial charge in [-0.3, -0.25) is 19.2 Å². The third-order valence-corrected chi connectivity index (χ3v) is 8.31. The molecule has 1 N–H and O–H groups in total. The molecule has 10 nitrogen and oxygen atoms in total. The number of unbranched alkanes of at least 4 members (excludes halogenated alkanes) is 8. The second-order valence-corrected chi connectivity index (χ2v) is 14.0. The van der Waals surface area contributed by atoms with Gasteiger partial charge in [0.1, 0.15) is 29.8 Å². The first-order valence-corrected chi connectivity index (χ1v) is 18.8. The zero-order valence-electron chi connectivity index (χ0n) is 32.7. The number of methoxy groups -OCH3 is 1. The number of carbonyl (C=O) groups is 5. The third-order valence-electron chi connectivity index (χ3n) is 8.31. The standard InChI is InChI=1S/C42H63NO9/c1-8-10-12-15-18-21-34(45)22-19-16-13-14-17-20-23-36(37(28-30-50-32(3)44)40(47)52-42(4,5)6)39(46)43-38(41(48)49-7)31-33-24-26-35(27-25-33)51-29-11-9-2/h20,23-27,36-38H,8,10,12-19,21-22,28-31H2,1-7H3,(H,43,46)/b23-20+/t36-,37+,38-/m0/s1. The molecule has 1 amide bonds. The van der Waals surface area contributed by atoms with E-state index < -0.39 is 47.3 Å². The molecule has 3 atom stereocenters. The number of ketones is 1. The van der Waals surface area contributed by atoms with E-state index in [-0.39, 0.29) is 26.1 Å². The fourth-order valence-electron chi connectivity index (χ4n) is 5.54. The van der Waals surface area contributed by atoms with Crippen molar-refractivity contribution in [3.63, 3.8) is 0 Å². The molecule has 290 valence electrons. The molecule has 0 spiro atoms. The molecule has 0 aliphatic carbocycles. The van der Waals surface area contributed by atoms with Gasteiger partial charge in [0.05, 0.1) is 25.6 Å². The molecule has 0 aliphatic heterocycles. The second-order valence-electron chi connectivity index (χ2n) is 14.0. The second kappa shape index (κ2) is 26.6. The Labute approximate surface area is 312 Å². The zero-order chi connectivity index (χ0) is 38.8. The highest BCUT2D eigenvalue weighted by Crippen LogP contribution is 2.25. The van der Waals surface area contributed by atoms with E-state index in [2.05, 4.69) is 24.1 Å². The molecule has 10 heteroatoms. The molecule has 0 aromatic heterocycles. The highest BCUT2D eigenvalue weighted by molar-refractivity contribution is 5.90. The minimum Gasteiger partial charge on any atom is -0.481 e. The van der Waals surface area contributed by atoms with Crippen molar-refractivity contribution in [1.82, 2.24) is 5.32 Å². The summed E-state index contributed by atoms with van der Waals surface area (Å²) in [6.07, 6.45) is 14.9. The van der Waals surface area contributed by atoms with E-state index in [1.54, 1.807) is 58.0 Å². The number of nitrogens with one attached hydrogen (secondary N) is 1. The topological polar surface area (TPSA) is 134 Å². The van der Waals surface area contributed by atoms with Crippen molar-refractivity contribution in [3.8, 4) is 17.6 Å². The number of hydrogen-bond acceptors (Lipinski definition) is 9. The fourth-order valence-corrected chi connectivity index (χ4v) is 5.54. The molecule has 0 unspecified atom stereocenters. The summed E-state index contributed by atoms with van der Waals surface area (Å²) in [6, 6.07) is 6.06. The van der Waals surface area contributed by atoms with Gasteiger partial charge in [-0.15, -0.1) is 5.92 Å². The minimum atomic E-state index is -1.04. The van der Waals surface area contributed by atoms with Crippen LogP contribution in [0.5, 0.6) is 5.75 Å². The predicted molar refractivity (Wildman–Crippen MR) is 202 cm³/mol. The van der Waals surface area contributed by atoms with Gasteiger partial charge < -0.3 is 24.3 Å². The first-order chi connectivity index (χ1) is 24.8. The number of ether oxygens (including phenoxy) is 4. The van der Waals surface area contributed by atoms with Crippen LogP contribution in [0.4, 0.5) is 0 Å². The Morgan fingerprint density at radius 3 is 2.10 bits per heavy atom. The Bertz CT molecular complexity index is 1320. The maximum Gasteiger partial charge on any atom is 0.328 e. The lowest BCUT2D eigenvalue weighted by Gasteiger charge is -2.28. The highest BCUT2D eigenvalue weighted by Gasteiger charge is 2.37. The Morgan fingerprint density at radius 1 is 0.885 bits per heavy atom.